The largest absolute Gasteiger partial charge is 0.316 e. The van der Waals surface area contributed by atoms with Crippen LogP contribution >= 0.6 is 0 Å². The second-order valence-corrected chi connectivity index (χ2v) is 9.57. The molecule has 1 aromatic carbocycles. The molecule has 4 aliphatic rings. The van der Waals surface area contributed by atoms with Gasteiger partial charge in [-0.15, -0.1) is 0 Å². The Labute approximate surface area is 187 Å². The fourth-order valence-electron chi connectivity index (χ4n) is 5.78. The Hall–Kier alpha value is -2.58. The van der Waals surface area contributed by atoms with E-state index < -0.39 is 23.8 Å². The van der Waals surface area contributed by atoms with Gasteiger partial charge in [-0.1, -0.05) is 6.07 Å². The number of nitrogens with one attached hydrogen (secondary N) is 2. The maximum Gasteiger partial charge on any atom is 0.262 e. The molecule has 0 bridgehead atoms. The van der Waals surface area contributed by atoms with Crippen LogP contribution in [0.15, 0.2) is 18.2 Å². The van der Waals surface area contributed by atoms with Crippen molar-refractivity contribution in [3.63, 3.8) is 0 Å². The van der Waals surface area contributed by atoms with Crippen LogP contribution in [0.4, 0.5) is 0 Å². The third-order valence-corrected chi connectivity index (χ3v) is 7.45. The van der Waals surface area contributed by atoms with Gasteiger partial charge in [0.25, 0.3) is 11.8 Å². The number of benzene rings is 1. The Morgan fingerprint density at radius 1 is 0.938 bits per heavy atom. The van der Waals surface area contributed by atoms with Crippen molar-refractivity contribution in [2.24, 2.45) is 11.8 Å². The van der Waals surface area contributed by atoms with Gasteiger partial charge in [0.2, 0.25) is 11.8 Å². The molecule has 3 saturated heterocycles. The summed E-state index contributed by atoms with van der Waals surface area (Å²) in [5, 5.41) is 5.77. The van der Waals surface area contributed by atoms with Crippen molar-refractivity contribution in [2.75, 3.05) is 26.2 Å². The lowest BCUT2D eigenvalue weighted by Crippen LogP contribution is -2.54. The Morgan fingerprint density at radius 2 is 1.75 bits per heavy atom. The van der Waals surface area contributed by atoms with Crippen molar-refractivity contribution in [1.82, 2.24) is 20.4 Å². The number of amides is 4. The zero-order valence-electron chi connectivity index (χ0n) is 18.3. The zero-order chi connectivity index (χ0) is 22.2. The predicted molar refractivity (Wildman–Crippen MR) is 117 cm³/mol. The van der Waals surface area contributed by atoms with Gasteiger partial charge in [0.15, 0.2) is 0 Å². The predicted octanol–water partition coefficient (Wildman–Crippen LogP) is 1.30. The molecule has 2 N–H and O–H groups in total. The summed E-state index contributed by atoms with van der Waals surface area (Å²) in [6.45, 7) is 5.11. The van der Waals surface area contributed by atoms with Crippen LogP contribution in [0.3, 0.4) is 0 Å². The van der Waals surface area contributed by atoms with Gasteiger partial charge in [-0.2, -0.15) is 0 Å². The van der Waals surface area contributed by atoms with Crippen molar-refractivity contribution in [3.8, 4) is 0 Å². The highest BCUT2D eigenvalue weighted by molar-refractivity contribution is 6.23. The number of hydrogen-bond donors (Lipinski definition) is 2. The maximum atomic E-state index is 13.1. The minimum Gasteiger partial charge on any atom is -0.316 e. The molecule has 1 aromatic rings. The molecule has 8 nitrogen and oxygen atoms in total. The topological polar surface area (TPSA) is 98.8 Å². The van der Waals surface area contributed by atoms with E-state index in [4.69, 9.17) is 0 Å². The van der Waals surface area contributed by atoms with Crippen LogP contribution in [0.5, 0.6) is 0 Å². The van der Waals surface area contributed by atoms with E-state index in [1.165, 1.54) is 25.7 Å². The summed E-state index contributed by atoms with van der Waals surface area (Å²) in [7, 11) is 0. The van der Waals surface area contributed by atoms with Crippen LogP contribution in [-0.4, -0.2) is 65.6 Å². The average Bonchev–Trinajstić information content (AvgIpc) is 3.04. The molecule has 4 aliphatic heterocycles. The molecule has 3 fully saturated rings. The fourth-order valence-corrected chi connectivity index (χ4v) is 5.78. The van der Waals surface area contributed by atoms with E-state index in [1.807, 2.05) is 12.1 Å². The Balaban J connectivity index is 1.28. The lowest BCUT2D eigenvalue weighted by Gasteiger charge is -2.38. The summed E-state index contributed by atoms with van der Waals surface area (Å²) in [5.41, 5.74) is 1.72. The van der Waals surface area contributed by atoms with Crippen molar-refractivity contribution < 1.29 is 19.2 Å². The van der Waals surface area contributed by atoms with Crippen LogP contribution in [0.1, 0.15) is 64.8 Å². The van der Waals surface area contributed by atoms with Crippen molar-refractivity contribution in [3.05, 3.63) is 34.9 Å². The first kappa shape index (κ1) is 21.3. The molecule has 32 heavy (non-hydrogen) atoms. The van der Waals surface area contributed by atoms with E-state index in [9.17, 15) is 19.2 Å². The average molecular weight is 439 g/mol. The molecule has 4 amide bonds. The van der Waals surface area contributed by atoms with Crippen molar-refractivity contribution in [2.45, 2.75) is 51.1 Å². The van der Waals surface area contributed by atoms with Crippen molar-refractivity contribution in [1.29, 1.82) is 0 Å². The molecule has 5 rings (SSSR count). The summed E-state index contributed by atoms with van der Waals surface area (Å²) < 4.78 is 0. The SMILES string of the molecule is O=C1CCC(N2C(=O)c3ccc(CN4CCCC(C5CCCNC5)C4)cc3C2=O)C(=O)N1. The van der Waals surface area contributed by atoms with Crippen LogP contribution in [-0.2, 0) is 16.1 Å². The summed E-state index contributed by atoms with van der Waals surface area (Å²) in [6.07, 6.45) is 5.33. The second kappa shape index (κ2) is 8.75. The molecule has 0 radical (unpaired) electrons. The van der Waals surface area contributed by atoms with E-state index in [2.05, 4.69) is 15.5 Å². The van der Waals surface area contributed by atoms with Crippen molar-refractivity contribution >= 4 is 23.6 Å². The van der Waals surface area contributed by atoms with Gasteiger partial charge in [-0.25, -0.2) is 0 Å². The number of fused-ring (bicyclic) bond motifs is 1. The van der Waals surface area contributed by atoms with E-state index in [0.29, 0.717) is 17.0 Å². The monoisotopic (exact) mass is 438 g/mol. The maximum absolute atomic E-state index is 13.1. The van der Waals surface area contributed by atoms with Crippen LogP contribution < -0.4 is 10.6 Å². The summed E-state index contributed by atoms with van der Waals surface area (Å²) >= 11 is 0. The molecule has 4 heterocycles. The molecular formula is C24H30N4O4. The number of hydrogen-bond acceptors (Lipinski definition) is 6. The smallest absolute Gasteiger partial charge is 0.262 e. The quantitative estimate of drug-likeness (QED) is 0.688. The number of nitrogens with zero attached hydrogens (tertiary/aromatic N) is 2. The number of imide groups is 2. The minimum atomic E-state index is -0.921. The first-order chi connectivity index (χ1) is 15.5. The highest BCUT2D eigenvalue weighted by Gasteiger charge is 2.44. The molecular weight excluding hydrogens is 408 g/mol. The highest BCUT2D eigenvalue weighted by Crippen LogP contribution is 2.31. The first-order valence-electron chi connectivity index (χ1n) is 11.8. The lowest BCUT2D eigenvalue weighted by atomic mass is 9.81. The standard InChI is InChI=1S/C24H30N4O4/c29-21-8-7-20(22(30)26-21)28-23(31)18-6-5-15(11-19(18)24(28)32)13-27-10-2-4-17(14-27)16-3-1-9-25-12-16/h5-6,11,16-17,20,25H,1-4,7-10,12-14H2,(H,26,29,30). The number of carbonyl (C=O) groups excluding carboxylic acids is 4. The minimum absolute atomic E-state index is 0.127. The van der Waals surface area contributed by atoms with Crippen LogP contribution in [0.25, 0.3) is 0 Å². The lowest BCUT2D eigenvalue weighted by molar-refractivity contribution is -0.136. The summed E-state index contributed by atoms with van der Waals surface area (Å²) in [5.74, 6) is -0.383. The van der Waals surface area contributed by atoms with Gasteiger partial charge in [0.1, 0.15) is 6.04 Å². The Kier molecular flexibility index (Phi) is 5.82. The van der Waals surface area contributed by atoms with E-state index in [0.717, 1.165) is 49.1 Å². The van der Waals surface area contributed by atoms with Gasteiger partial charge < -0.3 is 5.32 Å². The van der Waals surface area contributed by atoms with E-state index in [1.54, 1.807) is 6.07 Å². The molecule has 0 aliphatic carbocycles. The molecule has 0 saturated carbocycles. The molecule has 170 valence electrons. The number of rotatable bonds is 4. The van der Waals surface area contributed by atoms with Gasteiger partial charge >= 0.3 is 0 Å². The zero-order valence-corrected chi connectivity index (χ0v) is 18.3. The van der Waals surface area contributed by atoms with E-state index in [-0.39, 0.29) is 18.7 Å². The Bertz CT molecular complexity index is 955. The molecule has 3 unspecified atom stereocenters. The molecule has 0 spiro atoms. The highest BCUT2D eigenvalue weighted by atomic mass is 16.2. The van der Waals surface area contributed by atoms with E-state index >= 15 is 0 Å². The van der Waals surface area contributed by atoms with Crippen LogP contribution in [0, 0.1) is 11.8 Å². The third kappa shape index (κ3) is 3.97. The molecule has 3 atom stereocenters. The normalized spacial score (nSPS) is 29.2. The molecule has 0 aromatic heterocycles. The summed E-state index contributed by atoms with van der Waals surface area (Å²) in [6, 6.07) is 4.52. The first-order valence-corrected chi connectivity index (χ1v) is 11.8. The third-order valence-electron chi connectivity index (χ3n) is 7.45. The summed E-state index contributed by atoms with van der Waals surface area (Å²) in [4.78, 5) is 53.1. The van der Waals surface area contributed by atoms with Crippen LogP contribution in [0.2, 0.25) is 0 Å². The van der Waals surface area contributed by atoms with Gasteiger partial charge in [-0.05, 0) is 81.3 Å². The molecule has 8 heteroatoms. The second-order valence-electron chi connectivity index (χ2n) is 9.57. The van der Waals surface area contributed by atoms with Gasteiger partial charge in [-0.3, -0.25) is 34.3 Å². The fraction of sp³-hybridized carbons (Fsp3) is 0.583. The Morgan fingerprint density at radius 3 is 2.53 bits per heavy atom. The van der Waals surface area contributed by atoms with Gasteiger partial charge in [0.05, 0.1) is 11.1 Å². The number of carbonyl (C=O) groups is 4. The number of piperidine rings is 3. The number of likely N-dealkylation sites (tertiary alicyclic amines) is 1. The van der Waals surface area contributed by atoms with Gasteiger partial charge in [0, 0.05) is 19.5 Å².